The Balaban J connectivity index is 1.78. The summed E-state index contributed by atoms with van der Waals surface area (Å²) in [4.78, 5) is 15.2. The average molecular weight is 314 g/mol. The van der Waals surface area contributed by atoms with Crippen LogP contribution in [0.3, 0.4) is 0 Å². The van der Waals surface area contributed by atoms with E-state index in [2.05, 4.69) is 17.2 Å². The van der Waals surface area contributed by atoms with Crippen LogP contribution in [0.25, 0.3) is 10.9 Å². The largest absolute Gasteiger partial charge is 0.394 e. The van der Waals surface area contributed by atoms with E-state index in [9.17, 15) is 9.90 Å². The summed E-state index contributed by atoms with van der Waals surface area (Å²) in [6.45, 7) is 2.66. The SMILES string of the molecule is C[C@](CO)(NCc1cc2ccccc2[nH]c1=O)C1CCCCC1. The van der Waals surface area contributed by atoms with Crippen molar-refractivity contribution >= 4 is 10.9 Å². The number of hydrogen-bond donors (Lipinski definition) is 3. The highest BCUT2D eigenvalue weighted by atomic mass is 16.3. The molecule has 1 fully saturated rings. The highest BCUT2D eigenvalue weighted by molar-refractivity contribution is 5.78. The van der Waals surface area contributed by atoms with Crippen LogP contribution in [-0.4, -0.2) is 22.2 Å². The maximum Gasteiger partial charge on any atom is 0.252 e. The van der Waals surface area contributed by atoms with Gasteiger partial charge in [0.2, 0.25) is 0 Å². The Hall–Kier alpha value is -1.65. The van der Waals surface area contributed by atoms with Crippen molar-refractivity contribution in [2.24, 2.45) is 5.92 Å². The van der Waals surface area contributed by atoms with Crippen molar-refractivity contribution < 1.29 is 5.11 Å². The number of aromatic amines is 1. The van der Waals surface area contributed by atoms with Gasteiger partial charge in [0.15, 0.2) is 0 Å². The fraction of sp³-hybridized carbons (Fsp3) is 0.526. The van der Waals surface area contributed by atoms with E-state index in [-0.39, 0.29) is 17.7 Å². The number of fused-ring (bicyclic) bond motifs is 1. The molecule has 4 heteroatoms. The molecular formula is C19H26N2O2. The maximum atomic E-state index is 12.3. The monoisotopic (exact) mass is 314 g/mol. The van der Waals surface area contributed by atoms with Crippen LogP contribution in [0.5, 0.6) is 0 Å². The first-order valence-corrected chi connectivity index (χ1v) is 8.59. The zero-order valence-electron chi connectivity index (χ0n) is 13.8. The third-order valence-electron chi connectivity index (χ3n) is 5.35. The number of rotatable bonds is 5. The molecule has 1 aliphatic rings. The average Bonchev–Trinajstić information content (AvgIpc) is 2.60. The van der Waals surface area contributed by atoms with Gasteiger partial charge < -0.3 is 15.4 Å². The molecule has 23 heavy (non-hydrogen) atoms. The van der Waals surface area contributed by atoms with E-state index < -0.39 is 0 Å². The highest BCUT2D eigenvalue weighted by Crippen LogP contribution is 2.32. The number of H-pyrrole nitrogens is 1. The second kappa shape index (κ2) is 6.85. The van der Waals surface area contributed by atoms with Crippen molar-refractivity contribution in [1.82, 2.24) is 10.3 Å². The predicted octanol–water partition coefficient (Wildman–Crippen LogP) is 2.95. The third-order valence-corrected chi connectivity index (χ3v) is 5.35. The van der Waals surface area contributed by atoms with Crippen LogP contribution in [0.2, 0.25) is 0 Å². The Labute approximate surface area is 136 Å². The van der Waals surface area contributed by atoms with Gasteiger partial charge in [-0.05, 0) is 43.2 Å². The van der Waals surface area contributed by atoms with Gasteiger partial charge in [-0.1, -0.05) is 37.5 Å². The van der Waals surface area contributed by atoms with E-state index >= 15 is 0 Å². The van der Waals surface area contributed by atoms with E-state index in [1.54, 1.807) is 0 Å². The molecule has 0 unspecified atom stereocenters. The minimum atomic E-state index is -0.321. The van der Waals surface area contributed by atoms with Crippen LogP contribution in [0.4, 0.5) is 0 Å². The number of pyridine rings is 1. The zero-order chi connectivity index (χ0) is 16.3. The number of aromatic nitrogens is 1. The fourth-order valence-corrected chi connectivity index (χ4v) is 3.69. The summed E-state index contributed by atoms with van der Waals surface area (Å²) in [5.41, 5.74) is 1.20. The van der Waals surface area contributed by atoms with Crippen LogP contribution in [0, 0.1) is 5.92 Å². The molecule has 1 aromatic heterocycles. The number of hydrogen-bond acceptors (Lipinski definition) is 3. The summed E-state index contributed by atoms with van der Waals surface area (Å²) in [7, 11) is 0. The summed E-state index contributed by atoms with van der Waals surface area (Å²) in [6, 6.07) is 9.74. The molecule has 2 aromatic rings. The zero-order valence-corrected chi connectivity index (χ0v) is 13.8. The van der Waals surface area contributed by atoms with Crippen molar-refractivity contribution in [2.75, 3.05) is 6.61 Å². The lowest BCUT2D eigenvalue weighted by molar-refractivity contribution is 0.0936. The molecule has 3 rings (SSSR count). The molecule has 0 saturated heterocycles. The first-order chi connectivity index (χ1) is 11.1. The Morgan fingerprint density at radius 2 is 2.00 bits per heavy atom. The van der Waals surface area contributed by atoms with Gasteiger partial charge in [0, 0.05) is 23.2 Å². The first kappa shape index (κ1) is 16.2. The molecule has 0 amide bonds. The Kier molecular flexibility index (Phi) is 4.83. The third kappa shape index (κ3) is 3.48. The van der Waals surface area contributed by atoms with Gasteiger partial charge >= 0.3 is 0 Å². The number of benzene rings is 1. The summed E-state index contributed by atoms with van der Waals surface area (Å²) in [6.07, 6.45) is 6.07. The smallest absolute Gasteiger partial charge is 0.252 e. The molecule has 1 heterocycles. The molecule has 1 aliphatic carbocycles. The number of aliphatic hydroxyl groups excluding tert-OH is 1. The van der Waals surface area contributed by atoms with Crippen molar-refractivity contribution in [2.45, 2.75) is 51.1 Å². The maximum absolute atomic E-state index is 12.3. The standard InChI is InChI=1S/C19H26N2O2/c1-19(13-22,16-8-3-2-4-9-16)20-12-15-11-14-7-5-6-10-17(14)21-18(15)23/h5-7,10-11,16,20,22H,2-4,8-9,12-13H2,1H3,(H,21,23)/t19-/m1/s1. The van der Waals surface area contributed by atoms with Gasteiger partial charge in [-0.2, -0.15) is 0 Å². The highest BCUT2D eigenvalue weighted by Gasteiger charge is 2.34. The van der Waals surface area contributed by atoms with E-state index in [1.165, 1.54) is 19.3 Å². The lowest BCUT2D eigenvalue weighted by Crippen LogP contribution is -2.52. The molecule has 1 aromatic carbocycles. The van der Waals surface area contributed by atoms with Crippen LogP contribution in [0.15, 0.2) is 35.1 Å². The molecule has 3 N–H and O–H groups in total. The van der Waals surface area contributed by atoms with Crippen LogP contribution in [-0.2, 0) is 6.54 Å². The van der Waals surface area contributed by atoms with Crippen LogP contribution >= 0.6 is 0 Å². The van der Waals surface area contributed by atoms with E-state index in [1.807, 2.05) is 30.3 Å². The Morgan fingerprint density at radius 3 is 2.74 bits per heavy atom. The topological polar surface area (TPSA) is 65.1 Å². The van der Waals surface area contributed by atoms with Crippen LogP contribution in [0.1, 0.15) is 44.6 Å². The van der Waals surface area contributed by atoms with Gasteiger partial charge in [-0.25, -0.2) is 0 Å². The minimum absolute atomic E-state index is 0.0554. The molecule has 0 spiro atoms. The molecule has 1 atom stereocenters. The summed E-state index contributed by atoms with van der Waals surface area (Å²) in [5, 5.41) is 14.4. The van der Waals surface area contributed by atoms with Gasteiger partial charge in [0.25, 0.3) is 5.56 Å². The van der Waals surface area contributed by atoms with Gasteiger partial charge in [-0.3, -0.25) is 4.79 Å². The Bertz CT molecular complexity index is 719. The quantitative estimate of drug-likeness (QED) is 0.795. The molecule has 4 nitrogen and oxygen atoms in total. The van der Waals surface area contributed by atoms with Crippen molar-refractivity contribution in [3.63, 3.8) is 0 Å². The van der Waals surface area contributed by atoms with Gasteiger partial charge in [0.05, 0.1) is 6.61 Å². The Morgan fingerprint density at radius 1 is 1.26 bits per heavy atom. The summed E-state index contributed by atoms with van der Waals surface area (Å²) in [5.74, 6) is 0.473. The predicted molar refractivity (Wildman–Crippen MR) is 93.5 cm³/mol. The van der Waals surface area contributed by atoms with Crippen LogP contribution < -0.4 is 10.9 Å². The van der Waals surface area contributed by atoms with E-state index in [0.29, 0.717) is 12.5 Å². The molecule has 0 bridgehead atoms. The molecular weight excluding hydrogens is 288 g/mol. The second-order valence-corrected chi connectivity index (χ2v) is 6.98. The van der Waals surface area contributed by atoms with Crippen molar-refractivity contribution in [3.8, 4) is 0 Å². The van der Waals surface area contributed by atoms with Crippen molar-refractivity contribution in [3.05, 3.63) is 46.2 Å². The normalized spacial score (nSPS) is 18.9. The van der Waals surface area contributed by atoms with E-state index in [0.717, 1.165) is 29.3 Å². The van der Waals surface area contributed by atoms with Gasteiger partial charge in [-0.15, -0.1) is 0 Å². The lowest BCUT2D eigenvalue weighted by atomic mass is 9.76. The van der Waals surface area contributed by atoms with Gasteiger partial charge in [0.1, 0.15) is 0 Å². The summed E-state index contributed by atoms with van der Waals surface area (Å²) >= 11 is 0. The molecule has 0 radical (unpaired) electrons. The molecule has 0 aliphatic heterocycles. The molecule has 124 valence electrons. The number of nitrogens with one attached hydrogen (secondary N) is 2. The first-order valence-electron chi connectivity index (χ1n) is 8.59. The lowest BCUT2D eigenvalue weighted by Gasteiger charge is -2.39. The number of para-hydroxylation sites is 1. The number of aliphatic hydroxyl groups is 1. The molecule has 1 saturated carbocycles. The fourth-order valence-electron chi connectivity index (χ4n) is 3.69. The second-order valence-electron chi connectivity index (χ2n) is 6.98. The summed E-state index contributed by atoms with van der Waals surface area (Å²) < 4.78 is 0. The van der Waals surface area contributed by atoms with Crippen molar-refractivity contribution in [1.29, 1.82) is 0 Å². The minimum Gasteiger partial charge on any atom is -0.394 e. The van der Waals surface area contributed by atoms with E-state index in [4.69, 9.17) is 0 Å².